The van der Waals surface area contributed by atoms with E-state index < -0.39 is 17.9 Å². The lowest BCUT2D eigenvalue weighted by atomic mass is 10.2. The van der Waals surface area contributed by atoms with Crippen LogP contribution in [0.5, 0.6) is 0 Å². The molecule has 0 spiro atoms. The van der Waals surface area contributed by atoms with Crippen molar-refractivity contribution in [2.45, 2.75) is 20.0 Å². The molecule has 1 atom stereocenters. The highest BCUT2D eigenvalue weighted by atomic mass is 16.4. The van der Waals surface area contributed by atoms with Gasteiger partial charge in [0.25, 0.3) is 0 Å². The van der Waals surface area contributed by atoms with Crippen molar-refractivity contribution in [1.82, 2.24) is 15.5 Å². The molecule has 8 heteroatoms. The average molecular weight is 304 g/mol. The van der Waals surface area contributed by atoms with Crippen LogP contribution in [0.25, 0.3) is 11.5 Å². The monoisotopic (exact) mass is 304 g/mol. The number of aliphatic hydroxyl groups excluding tert-OH is 1. The topological polar surface area (TPSA) is 117 Å². The molecule has 3 N–H and O–H groups in total. The van der Waals surface area contributed by atoms with Crippen LogP contribution in [0, 0.1) is 6.92 Å². The van der Waals surface area contributed by atoms with E-state index in [0.29, 0.717) is 23.0 Å². The zero-order chi connectivity index (χ0) is 16.1. The summed E-state index contributed by atoms with van der Waals surface area (Å²) in [7, 11) is 0. The van der Waals surface area contributed by atoms with Crippen molar-refractivity contribution >= 4 is 17.5 Å². The SMILES string of the molecule is Cc1nnc(-c2ccc(NC(=O)C(=O)NC[C@@H](C)O)cc2)o1. The molecule has 2 rings (SSSR count). The summed E-state index contributed by atoms with van der Waals surface area (Å²) in [5.74, 6) is -0.772. The number of aliphatic hydroxyl groups is 1. The number of aryl methyl sites for hydroxylation is 1. The minimum Gasteiger partial charge on any atom is -0.421 e. The Labute approximate surface area is 126 Å². The molecule has 2 aromatic rings. The number of aromatic nitrogens is 2. The number of carbonyl (C=O) groups is 2. The number of hydrogen-bond acceptors (Lipinski definition) is 6. The molecule has 22 heavy (non-hydrogen) atoms. The van der Waals surface area contributed by atoms with Crippen molar-refractivity contribution in [1.29, 1.82) is 0 Å². The number of anilines is 1. The summed E-state index contributed by atoms with van der Waals surface area (Å²) in [4.78, 5) is 23.1. The average Bonchev–Trinajstić information content (AvgIpc) is 2.92. The fourth-order valence-electron chi connectivity index (χ4n) is 1.62. The van der Waals surface area contributed by atoms with Gasteiger partial charge < -0.3 is 20.2 Å². The molecule has 1 aromatic carbocycles. The molecular weight excluding hydrogens is 288 g/mol. The van der Waals surface area contributed by atoms with Gasteiger partial charge in [-0.25, -0.2) is 0 Å². The normalized spacial score (nSPS) is 11.8. The number of nitrogens with zero attached hydrogens (tertiary/aromatic N) is 2. The fourth-order valence-corrected chi connectivity index (χ4v) is 1.62. The van der Waals surface area contributed by atoms with Gasteiger partial charge in [-0.05, 0) is 31.2 Å². The minimum absolute atomic E-state index is 0.0156. The predicted octanol–water partition coefficient (Wildman–Crippen LogP) is 0.481. The molecule has 8 nitrogen and oxygen atoms in total. The molecular formula is C14H16N4O4. The summed E-state index contributed by atoms with van der Waals surface area (Å²) < 4.78 is 5.29. The lowest BCUT2D eigenvalue weighted by Crippen LogP contribution is -2.38. The number of hydrogen-bond donors (Lipinski definition) is 3. The first-order valence-corrected chi connectivity index (χ1v) is 6.63. The maximum absolute atomic E-state index is 11.6. The van der Waals surface area contributed by atoms with Crippen LogP contribution >= 0.6 is 0 Å². The zero-order valence-corrected chi connectivity index (χ0v) is 12.2. The van der Waals surface area contributed by atoms with Crippen LogP contribution < -0.4 is 10.6 Å². The molecule has 2 amide bonds. The molecule has 0 unspecified atom stereocenters. The van der Waals surface area contributed by atoms with Gasteiger partial charge in [0, 0.05) is 24.7 Å². The summed E-state index contributed by atoms with van der Waals surface area (Å²) in [6.07, 6.45) is -0.714. The van der Waals surface area contributed by atoms with E-state index in [4.69, 9.17) is 9.52 Å². The van der Waals surface area contributed by atoms with E-state index in [1.54, 1.807) is 31.2 Å². The summed E-state index contributed by atoms with van der Waals surface area (Å²) in [6, 6.07) is 6.62. The summed E-state index contributed by atoms with van der Waals surface area (Å²) in [5, 5.41) is 21.4. The zero-order valence-electron chi connectivity index (χ0n) is 12.2. The molecule has 0 aliphatic carbocycles. The third-order valence-electron chi connectivity index (χ3n) is 2.68. The summed E-state index contributed by atoms with van der Waals surface area (Å²) in [6.45, 7) is 3.22. The highest BCUT2D eigenvalue weighted by Gasteiger charge is 2.14. The van der Waals surface area contributed by atoms with Gasteiger partial charge in [0.05, 0.1) is 6.10 Å². The van der Waals surface area contributed by atoms with Crippen LogP contribution in [0.3, 0.4) is 0 Å². The molecule has 0 fully saturated rings. The number of benzene rings is 1. The van der Waals surface area contributed by atoms with Gasteiger partial charge in [-0.3, -0.25) is 9.59 Å². The van der Waals surface area contributed by atoms with E-state index in [0.717, 1.165) is 0 Å². The highest BCUT2D eigenvalue weighted by Crippen LogP contribution is 2.19. The van der Waals surface area contributed by atoms with Crippen molar-refractivity contribution in [2.75, 3.05) is 11.9 Å². The summed E-state index contributed by atoms with van der Waals surface area (Å²) >= 11 is 0. The predicted molar refractivity (Wildman–Crippen MR) is 77.8 cm³/mol. The Morgan fingerprint density at radius 2 is 1.91 bits per heavy atom. The summed E-state index contributed by atoms with van der Waals surface area (Å²) in [5.41, 5.74) is 1.16. The van der Waals surface area contributed by atoms with Gasteiger partial charge in [-0.1, -0.05) is 0 Å². The molecule has 1 heterocycles. The maximum Gasteiger partial charge on any atom is 0.313 e. The van der Waals surface area contributed by atoms with Crippen LogP contribution in [0.1, 0.15) is 12.8 Å². The van der Waals surface area contributed by atoms with Crippen LogP contribution in [0.15, 0.2) is 28.7 Å². The van der Waals surface area contributed by atoms with Gasteiger partial charge in [-0.2, -0.15) is 0 Å². The molecule has 0 saturated carbocycles. The highest BCUT2D eigenvalue weighted by molar-refractivity contribution is 6.39. The molecule has 0 bridgehead atoms. The number of nitrogens with one attached hydrogen (secondary N) is 2. The Morgan fingerprint density at radius 3 is 2.45 bits per heavy atom. The quantitative estimate of drug-likeness (QED) is 0.707. The third-order valence-corrected chi connectivity index (χ3v) is 2.68. The molecule has 0 radical (unpaired) electrons. The van der Waals surface area contributed by atoms with Gasteiger partial charge >= 0.3 is 11.8 Å². The van der Waals surface area contributed by atoms with Gasteiger partial charge in [0.1, 0.15) is 0 Å². The van der Waals surface area contributed by atoms with Crippen LogP contribution in [-0.2, 0) is 9.59 Å². The largest absolute Gasteiger partial charge is 0.421 e. The minimum atomic E-state index is -0.808. The Kier molecular flexibility index (Phi) is 4.84. The van der Waals surface area contributed by atoms with Gasteiger partial charge in [0.15, 0.2) is 0 Å². The first-order valence-electron chi connectivity index (χ1n) is 6.63. The van der Waals surface area contributed by atoms with Crippen molar-refractivity contribution in [3.05, 3.63) is 30.2 Å². The molecule has 0 aliphatic rings. The smallest absolute Gasteiger partial charge is 0.313 e. The number of amides is 2. The molecule has 0 saturated heterocycles. The van der Waals surface area contributed by atoms with Gasteiger partial charge in [-0.15, -0.1) is 10.2 Å². The first-order chi connectivity index (χ1) is 10.5. The number of carbonyl (C=O) groups excluding carboxylic acids is 2. The van der Waals surface area contributed by atoms with E-state index in [1.165, 1.54) is 6.92 Å². The van der Waals surface area contributed by atoms with E-state index in [9.17, 15) is 9.59 Å². The van der Waals surface area contributed by atoms with Gasteiger partial charge in [0.2, 0.25) is 11.8 Å². The second-order valence-electron chi connectivity index (χ2n) is 4.72. The third kappa shape index (κ3) is 4.13. The Morgan fingerprint density at radius 1 is 1.23 bits per heavy atom. The Balaban J connectivity index is 1.96. The van der Waals surface area contributed by atoms with Crippen LogP contribution in [-0.4, -0.2) is 39.8 Å². The fraction of sp³-hybridized carbons (Fsp3) is 0.286. The molecule has 0 aliphatic heterocycles. The van der Waals surface area contributed by atoms with E-state index in [-0.39, 0.29) is 6.54 Å². The van der Waals surface area contributed by atoms with Crippen molar-refractivity contribution in [3.63, 3.8) is 0 Å². The second-order valence-corrected chi connectivity index (χ2v) is 4.72. The van der Waals surface area contributed by atoms with Crippen molar-refractivity contribution in [2.24, 2.45) is 0 Å². The standard InChI is InChI=1S/C14H16N4O4/c1-8(19)7-15-12(20)13(21)16-11-5-3-10(4-6-11)14-18-17-9(2)22-14/h3-6,8,19H,7H2,1-2H3,(H,15,20)(H,16,21)/t8-/m1/s1. The maximum atomic E-state index is 11.6. The number of rotatable bonds is 4. The van der Waals surface area contributed by atoms with Crippen LogP contribution in [0.2, 0.25) is 0 Å². The van der Waals surface area contributed by atoms with Crippen molar-refractivity contribution in [3.8, 4) is 11.5 Å². The Bertz CT molecular complexity index is 664. The van der Waals surface area contributed by atoms with E-state index in [2.05, 4.69) is 20.8 Å². The van der Waals surface area contributed by atoms with Crippen molar-refractivity contribution < 1.29 is 19.1 Å². The molecule has 116 valence electrons. The lowest BCUT2D eigenvalue weighted by molar-refractivity contribution is -0.136. The lowest BCUT2D eigenvalue weighted by Gasteiger charge is -2.08. The first kappa shape index (κ1) is 15.6. The molecule has 1 aromatic heterocycles. The van der Waals surface area contributed by atoms with E-state index in [1.807, 2.05) is 0 Å². The Hall–Kier alpha value is -2.74. The second kappa shape index (κ2) is 6.81. The van der Waals surface area contributed by atoms with Crippen LogP contribution in [0.4, 0.5) is 5.69 Å². The van der Waals surface area contributed by atoms with E-state index >= 15 is 0 Å².